The van der Waals surface area contributed by atoms with Crippen molar-refractivity contribution in [3.63, 3.8) is 0 Å². The van der Waals surface area contributed by atoms with E-state index in [1.54, 1.807) is 0 Å². The molecule has 2 fully saturated rings. The van der Waals surface area contributed by atoms with Crippen LogP contribution in [0, 0.1) is 5.41 Å². The highest BCUT2D eigenvalue weighted by Gasteiger charge is 2.47. The summed E-state index contributed by atoms with van der Waals surface area (Å²) in [5.74, 6) is -0.217. The average Bonchev–Trinajstić information content (AvgIpc) is 2.93. The Balaban J connectivity index is 1.79. The molecule has 1 aromatic carbocycles. The second-order valence-corrected chi connectivity index (χ2v) is 7.61. The molecule has 2 aliphatic rings. The lowest BCUT2D eigenvalue weighted by molar-refractivity contribution is -0.124. The third-order valence-electron chi connectivity index (χ3n) is 5.55. The van der Waals surface area contributed by atoms with Crippen LogP contribution in [0.5, 0.6) is 0 Å². The zero-order valence-electron chi connectivity index (χ0n) is 12.3. The summed E-state index contributed by atoms with van der Waals surface area (Å²) in [6.45, 7) is 0. The molecular formula is C17H23BrN2O. The third kappa shape index (κ3) is 2.83. The number of halogens is 1. The first-order valence-corrected chi connectivity index (χ1v) is 8.67. The van der Waals surface area contributed by atoms with E-state index in [0.29, 0.717) is 5.41 Å². The zero-order valence-corrected chi connectivity index (χ0v) is 13.9. The first-order valence-electron chi connectivity index (χ1n) is 7.88. The van der Waals surface area contributed by atoms with E-state index in [0.717, 1.165) is 35.8 Å². The minimum Gasteiger partial charge on any atom is -0.370 e. The number of nitrogens with two attached hydrogens (primary N) is 1. The van der Waals surface area contributed by atoms with E-state index in [2.05, 4.69) is 21.2 Å². The van der Waals surface area contributed by atoms with Gasteiger partial charge in [-0.25, -0.2) is 0 Å². The van der Waals surface area contributed by atoms with Crippen molar-refractivity contribution in [3.8, 4) is 0 Å². The molecule has 114 valence electrons. The van der Waals surface area contributed by atoms with Crippen molar-refractivity contribution in [2.24, 2.45) is 11.1 Å². The Kier molecular flexibility index (Phi) is 4.00. The molecule has 1 spiro atoms. The second-order valence-electron chi connectivity index (χ2n) is 6.76. The van der Waals surface area contributed by atoms with Crippen LogP contribution in [0.25, 0.3) is 0 Å². The molecule has 3 nitrogen and oxygen atoms in total. The van der Waals surface area contributed by atoms with Gasteiger partial charge in [0, 0.05) is 10.2 Å². The fourth-order valence-corrected chi connectivity index (χ4v) is 4.47. The van der Waals surface area contributed by atoms with Gasteiger partial charge in [0.15, 0.2) is 0 Å². The van der Waals surface area contributed by atoms with Crippen LogP contribution in [-0.2, 0) is 4.79 Å². The molecule has 0 radical (unpaired) electrons. The van der Waals surface area contributed by atoms with E-state index in [4.69, 9.17) is 5.73 Å². The molecule has 1 amide bonds. The number of primary amides is 1. The molecule has 0 atom stereocenters. The summed E-state index contributed by atoms with van der Waals surface area (Å²) in [4.78, 5) is 12.1. The number of anilines is 1. The van der Waals surface area contributed by atoms with Crippen LogP contribution in [0.1, 0.15) is 51.4 Å². The van der Waals surface area contributed by atoms with Gasteiger partial charge in [0.2, 0.25) is 5.91 Å². The summed E-state index contributed by atoms with van der Waals surface area (Å²) in [6, 6.07) is 7.93. The molecule has 0 aromatic heterocycles. The van der Waals surface area contributed by atoms with Crippen LogP contribution in [0.2, 0.25) is 0 Å². The highest BCUT2D eigenvalue weighted by molar-refractivity contribution is 9.10. The van der Waals surface area contributed by atoms with Gasteiger partial charge in [0.1, 0.15) is 5.54 Å². The summed E-state index contributed by atoms with van der Waals surface area (Å²) in [5, 5.41) is 3.45. The molecule has 2 aliphatic carbocycles. The first-order chi connectivity index (χ1) is 10.1. The van der Waals surface area contributed by atoms with Gasteiger partial charge in [-0.2, -0.15) is 0 Å². The monoisotopic (exact) mass is 350 g/mol. The van der Waals surface area contributed by atoms with Gasteiger partial charge in [-0.15, -0.1) is 0 Å². The summed E-state index contributed by atoms with van der Waals surface area (Å²) >= 11 is 3.54. The lowest BCUT2D eigenvalue weighted by Gasteiger charge is -2.44. The van der Waals surface area contributed by atoms with E-state index in [1.165, 1.54) is 25.7 Å². The Hall–Kier alpha value is -1.03. The standard InChI is InChI=1S/C17H23BrN2O/c18-13-5-1-2-6-14(13)20-17(15(19)21)11-9-16(10-12-17)7-3-4-8-16/h1-2,5-6,20H,3-4,7-12H2,(H2,19,21). The average molecular weight is 351 g/mol. The van der Waals surface area contributed by atoms with Crippen molar-refractivity contribution in [3.05, 3.63) is 28.7 Å². The number of nitrogens with one attached hydrogen (secondary N) is 1. The van der Waals surface area contributed by atoms with E-state index in [-0.39, 0.29) is 5.91 Å². The number of para-hydroxylation sites is 1. The summed E-state index contributed by atoms with van der Waals surface area (Å²) in [6.07, 6.45) is 9.30. The van der Waals surface area contributed by atoms with Crippen molar-refractivity contribution in [1.29, 1.82) is 0 Å². The van der Waals surface area contributed by atoms with Crippen LogP contribution in [0.4, 0.5) is 5.69 Å². The number of rotatable bonds is 3. The summed E-state index contributed by atoms with van der Waals surface area (Å²) < 4.78 is 0.978. The van der Waals surface area contributed by atoms with Crippen molar-refractivity contribution in [1.82, 2.24) is 0 Å². The Morgan fingerprint density at radius 3 is 2.24 bits per heavy atom. The van der Waals surface area contributed by atoms with Crippen LogP contribution < -0.4 is 11.1 Å². The minimum atomic E-state index is -0.586. The minimum absolute atomic E-state index is 0.217. The predicted octanol–water partition coefficient (Wildman–Crippen LogP) is 4.22. The maximum atomic E-state index is 12.1. The van der Waals surface area contributed by atoms with Crippen LogP contribution in [0.15, 0.2) is 28.7 Å². The van der Waals surface area contributed by atoms with E-state index < -0.39 is 5.54 Å². The fraction of sp³-hybridized carbons (Fsp3) is 0.588. The molecule has 21 heavy (non-hydrogen) atoms. The Labute approximate surface area is 134 Å². The van der Waals surface area contributed by atoms with Gasteiger partial charge in [0.25, 0.3) is 0 Å². The van der Waals surface area contributed by atoms with Crippen LogP contribution >= 0.6 is 15.9 Å². The van der Waals surface area contributed by atoms with Crippen molar-refractivity contribution in [2.45, 2.75) is 56.9 Å². The molecule has 4 heteroatoms. The lowest BCUT2D eigenvalue weighted by Crippen LogP contribution is -2.54. The molecular weight excluding hydrogens is 328 g/mol. The van der Waals surface area contributed by atoms with Crippen LogP contribution in [0.3, 0.4) is 0 Å². The van der Waals surface area contributed by atoms with Gasteiger partial charge < -0.3 is 11.1 Å². The van der Waals surface area contributed by atoms with E-state index >= 15 is 0 Å². The Bertz CT molecular complexity index is 527. The lowest BCUT2D eigenvalue weighted by atomic mass is 9.66. The second kappa shape index (κ2) is 5.64. The molecule has 0 bridgehead atoms. The zero-order chi connectivity index (χ0) is 14.9. The third-order valence-corrected chi connectivity index (χ3v) is 6.24. The van der Waals surface area contributed by atoms with E-state index in [9.17, 15) is 4.79 Å². The number of benzene rings is 1. The maximum Gasteiger partial charge on any atom is 0.243 e. The van der Waals surface area contributed by atoms with E-state index in [1.807, 2.05) is 24.3 Å². The van der Waals surface area contributed by atoms with Gasteiger partial charge in [-0.1, -0.05) is 25.0 Å². The molecule has 2 saturated carbocycles. The molecule has 0 heterocycles. The molecule has 3 N–H and O–H groups in total. The Morgan fingerprint density at radius 2 is 1.67 bits per heavy atom. The number of carbonyl (C=O) groups excluding carboxylic acids is 1. The first kappa shape index (κ1) is 14.9. The number of hydrogen-bond acceptors (Lipinski definition) is 2. The fourth-order valence-electron chi connectivity index (χ4n) is 4.09. The van der Waals surface area contributed by atoms with Crippen molar-refractivity contribution in [2.75, 3.05) is 5.32 Å². The van der Waals surface area contributed by atoms with Gasteiger partial charge in [-0.3, -0.25) is 4.79 Å². The van der Waals surface area contributed by atoms with Gasteiger partial charge in [0.05, 0.1) is 0 Å². The number of carbonyl (C=O) groups is 1. The SMILES string of the molecule is NC(=O)C1(Nc2ccccc2Br)CCC2(CCCC2)CC1. The maximum absolute atomic E-state index is 12.1. The largest absolute Gasteiger partial charge is 0.370 e. The van der Waals surface area contributed by atoms with Gasteiger partial charge in [-0.05, 0) is 72.0 Å². The topological polar surface area (TPSA) is 55.1 Å². The molecule has 1 aromatic rings. The molecule has 0 unspecified atom stereocenters. The molecule has 3 rings (SSSR count). The normalized spacial score (nSPS) is 23.1. The summed E-state index contributed by atoms with van der Waals surface area (Å²) in [5.41, 5.74) is 6.64. The quantitative estimate of drug-likeness (QED) is 0.857. The Morgan fingerprint density at radius 1 is 1.05 bits per heavy atom. The smallest absolute Gasteiger partial charge is 0.243 e. The predicted molar refractivity (Wildman–Crippen MR) is 89.1 cm³/mol. The van der Waals surface area contributed by atoms with Crippen molar-refractivity contribution < 1.29 is 4.79 Å². The van der Waals surface area contributed by atoms with Crippen molar-refractivity contribution >= 4 is 27.5 Å². The molecule has 0 aliphatic heterocycles. The number of amides is 1. The summed E-state index contributed by atoms with van der Waals surface area (Å²) in [7, 11) is 0. The highest BCUT2D eigenvalue weighted by Crippen LogP contribution is 2.51. The number of hydrogen-bond donors (Lipinski definition) is 2. The molecule has 0 saturated heterocycles. The highest BCUT2D eigenvalue weighted by atomic mass is 79.9. The van der Waals surface area contributed by atoms with Gasteiger partial charge >= 0.3 is 0 Å². The van der Waals surface area contributed by atoms with Crippen LogP contribution in [-0.4, -0.2) is 11.4 Å².